The van der Waals surface area contributed by atoms with Gasteiger partial charge >= 0.3 is 5.97 Å². The van der Waals surface area contributed by atoms with Crippen LogP contribution >= 0.6 is 0 Å². The van der Waals surface area contributed by atoms with E-state index in [4.69, 9.17) is 0 Å². The molecule has 5 nitrogen and oxygen atoms in total. The predicted molar refractivity (Wildman–Crippen MR) is 76.6 cm³/mol. The van der Waals surface area contributed by atoms with Gasteiger partial charge in [-0.1, -0.05) is 29.8 Å². The first-order valence-corrected chi connectivity index (χ1v) is 6.72. The van der Waals surface area contributed by atoms with Crippen LogP contribution in [0, 0.1) is 6.92 Å². The third-order valence-corrected chi connectivity index (χ3v) is 3.30. The summed E-state index contributed by atoms with van der Waals surface area (Å²) in [4.78, 5) is 11.4. The highest BCUT2D eigenvalue weighted by molar-refractivity contribution is 5.75. The largest absolute Gasteiger partial charge is 0.480 e. The van der Waals surface area contributed by atoms with Crippen LogP contribution in [0.1, 0.15) is 34.9 Å². The molecule has 1 unspecified atom stereocenters. The highest BCUT2D eigenvalue weighted by Crippen LogP contribution is 2.22. The molecule has 1 aromatic heterocycles. The van der Waals surface area contributed by atoms with E-state index in [0.717, 1.165) is 5.56 Å². The number of carboxylic acids is 1. The van der Waals surface area contributed by atoms with E-state index < -0.39 is 18.4 Å². The summed E-state index contributed by atoms with van der Waals surface area (Å²) in [6.45, 7) is 1.90. The average molecular weight is 309 g/mol. The van der Waals surface area contributed by atoms with Crippen molar-refractivity contribution in [2.24, 2.45) is 7.05 Å². The standard InChI is InChI=1S/C15H17F2N3O2/c1-9-3-5-10(6-4-9)13(15(21)22)18-7-11-8-20(2)19-12(11)14(16)17/h3-6,8,13-14,18H,7H2,1-2H3,(H,21,22). The molecular formula is C15H17F2N3O2. The molecule has 2 rings (SSSR count). The Kier molecular flexibility index (Phi) is 4.87. The fourth-order valence-electron chi connectivity index (χ4n) is 2.19. The number of carboxylic acid groups (broad SMARTS) is 1. The molecule has 0 bridgehead atoms. The minimum absolute atomic E-state index is 0.00163. The van der Waals surface area contributed by atoms with Crippen molar-refractivity contribution in [3.63, 3.8) is 0 Å². The van der Waals surface area contributed by atoms with Crippen LogP contribution in [0.4, 0.5) is 8.78 Å². The highest BCUT2D eigenvalue weighted by atomic mass is 19.3. The van der Waals surface area contributed by atoms with E-state index in [1.165, 1.54) is 10.9 Å². The lowest BCUT2D eigenvalue weighted by molar-refractivity contribution is -0.139. The van der Waals surface area contributed by atoms with Gasteiger partial charge in [-0.15, -0.1) is 0 Å². The molecule has 1 aromatic carbocycles. The molecular weight excluding hydrogens is 292 g/mol. The summed E-state index contributed by atoms with van der Waals surface area (Å²) < 4.78 is 27.0. The van der Waals surface area contributed by atoms with Crippen LogP contribution in [0.15, 0.2) is 30.5 Å². The molecule has 0 radical (unpaired) electrons. The Labute approximate surface area is 126 Å². The van der Waals surface area contributed by atoms with Crippen LogP contribution in [-0.2, 0) is 18.4 Å². The van der Waals surface area contributed by atoms with Gasteiger partial charge in [-0.3, -0.25) is 14.8 Å². The van der Waals surface area contributed by atoms with E-state index >= 15 is 0 Å². The van der Waals surface area contributed by atoms with Crippen molar-refractivity contribution in [2.75, 3.05) is 0 Å². The molecule has 1 atom stereocenters. The number of aromatic nitrogens is 2. The quantitative estimate of drug-likeness (QED) is 0.860. The minimum atomic E-state index is -2.69. The summed E-state index contributed by atoms with van der Waals surface area (Å²) in [5.41, 5.74) is 1.54. The fourth-order valence-corrected chi connectivity index (χ4v) is 2.19. The summed E-state index contributed by atoms with van der Waals surface area (Å²) in [6.07, 6.45) is -1.23. The van der Waals surface area contributed by atoms with Crippen molar-refractivity contribution >= 4 is 5.97 Å². The van der Waals surface area contributed by atoms with Crippen molar-refractivity contribution in [3.8, 4) is 0 Å². The lowest BCUT2D eigenvalue weighted by Gasteiger charge is -2.15. The van der Waals surface area contributed by atoms with Gasteiger partial charge in [0.25, 0.3) is 6.43 Å². The maximum Gasteiger partial charge on any atom is 0.325 e. The molecule has 22 heavy (non-hydrogen) atoms. The Morgan fingerprint density at radius 1 is 1.36 bits per heavy atom. The second-order valence-corrected chi connectivity index (χ2v) is 5.08. The first kappa shape index (κ1) is 16.1. The zero-order valence-corrected chi connectivity index (χ0v) is 12.3. The molecule has 2 aromatic rings. The Hall–Kier alpha value is -2.28. The SMILES string of the molecule is Cc1ccc(C(NCc2cn(C)nc2C(F)F)C(=O)O)cc1. The van der Waals surface area contributed by atoms with Gasteiger partial charge in [-0.05, 0) is 12.5 Å². The number of rotatable bonds is 6. The molecule has 118 valence electrons. The number of alkyl halides is 2. The summed E-state index contributed by atoms with van der Waals surface area (Å²) >= 11 is 0. The third-order valence-electron chi connectivity index (χ3n) is 3.30. The van der Waals surface area contributed by atoms with Gasteiger partial charge in [0, 0.05) is 25.4 Å². The Morgan fingerprint density at radius 3 is 2.55 bits per heavy atom. The van der Waals surface area contributed by atoms with Gasteiger partial charge in [0.05, 0.1) is 0 Å². The number of nitrogens with zero attached hydrogens (tertiary/aromatic N) is 2. The molecule has 0 saturated heterocycles. The van der Waals surface area contributed by atoms with E-state index in [-0.39, 0.29) is 17.8 Å². The van der Waals surface area contributed by atoms with E-state index in [9.17, 15) is 18.7 Å². The van der Waals surface area contributed by atoms with Crippen molar-refractivity contribution in [2.45, 2.75) is 25.9 Å². The van der Waals surface area contributed by atoms with Gasteiger partial charge in [-0.25, -0.2) is 8.78 Å². The highest BCUT2D eigenvalue weighted by Gasteiger charge is 2.22. The van der Waals surface area contributed by atoms with E-state index in [1.54, 1.807) is 19.2 Å². The number of hydrogen-bond donors (Lipinski definition) is 2. The van der Waals surface area contributed by atoms with E-state index in [0.29, 0.717) is 5.56 Å². The van der Waals surface area contributed by atoms with Crippen molar-refractivity contribution in [3.05, 3.63) is 52.8 Å². The van der Waals surface area contributed by atoms with Gasteiger partial charge < -0.3 is 5.11 Å². The molecule has 7 heteroatoms. The topological polar surface area (TPSA) is 67.2 Å². The predicted octanol–water partition coefficient (Wildman–Crippen LogP) is 2.58. The number of benzene rings is 1. The summed E-state index contributed by atoms with van der Waals surface area (Å²) in [6, 6.07) is 6.06. The number of hydrogen-bond acceptors (Lipinski definition) is 3. The first-order chi connectivity index (χ1) is 10.4. The zero-order chi connectivity index (χ0) is 16.3. The number of halogens is 2. The van der Waals surface area contributed by atoms with Crippen LogP contribution < -0.4 is 5.32 Å². The Bertz CT molecular complexity index is 653. The maximum absolute atomic E-state index is 12.9. The van der Waals surface area contributed by atoms with Crippen molar-refractivity contribution < 1.29 is 18.7 Å². The molecule has 0 aliphatic rings. The second kappa shape index (κ2) is 6.65. The summed E-state index contributed by atoms with van der Waals surface area (Å²) in [7, 11) is 1.55. The summed E-state index contributed by atoms with van der Waals surface area (Å²) in [5.74, 6) is -1.06. The molecule has 1 heterocycles. The molecule has 0 aliphatic heterocycles. The minimum Gasteiger partial charge on any atom is -0.480 e. The number of aliphatic carboxylic acids is 1. The lowest BCUT2D eigenvalue weighted by Crippen LogP contribution is -2.28. The van der Waals surface area contributed by atoms with Crippen molar-refractivity contribution in [1.82, 2.24) is 15.1 Å². The Balaban J connectivity index is 2.16. The van der Waals surface area contributed by atoms with Crippen LogP contribution in [0.2, 0.25) is 0 Å². The van der Waals surface area contributed by atoms with Crippen LogP contribution in [0.3, 0.4) is 0 Å². The number of carbonyl (C=O) groups is 1. The Morgan fingerprint density at radius 2 is 2.00 bits per heavy atom. The van der Waals surface area contributed by atoms with E-state index in [1.807, 2.05) is 19.1 Å². The normalized spacial score (nSPS) is 12.6. The molecule has 0 spiro atoms. The smallest absolute Gasteiger partial charge is 0.325 e. The zero-order valence-electron chi connectivity index (χ0n) is 12.3. The second-order valence-electron chi connectivity index (χ2n) is 5.08. The van der Waals surface area contributed by atoms with Crippen LogP contribution in [0.5, 0.6) is 0 Å². The third kappa shape index (κ3) is 3.67. The molecule has 0 amide bonds. The van der Waals surface area contributed by atoms with E-state index in [2.05, 4.69) is 10.4 Å². The average Bonchev–Trinajstić information content (AvgIpc) is 2.82. The monoisotopic (exact) mass is 309 g/mol. The van der Waals surface area contributed by atoms with Crippen molar-refractivity contribution in [1.29, 1.82) is 0 Å². The van der Waals surface area contributed by atoms with Gasteiger partial charge in [0.2, 0.25) is 0 Å². The maximum atomic E-state index is 12.9. The fraction of sp³-hybridized carbons (Fsp3) is 0.333. The number of nitrogens with one attached hydrogen (secondary N) is 1. The van der Waals surface area contributed by atoms with Gasteiger partial charge in [0.15, 0.2) is 0 Å². The summed E-state index contributed by atoms with van der Waals surface area (Å²) in [5, 5.41) is 15.8. The first-order valence-electron chi connectivity index (χ1n) is 6.72. The van der Waals surface area contributed by atoms with Crippen LogP contribution in [0.25, 0.3) is 0 Å². The lowest BCUT2D eigenvalue weighted by atomic mass is 10.0. The van der Waals surface area contributed by atoms with Gasteiger partial charge in [0.1, 0.15) is 11.7 Å². The van der Waals surface area contributed by atoms with Crippen LogP contribution in [-0.4, -0.2) is 20.9 Å². The van der Waals surface area contributed by atoms with Gasteiger partial charge in [-0.2, -0.15) is 5.10 Å². The number of aryl methyl sites for hydroxylation is 2. The molecule has 0 fully saturated rings. The molecule has 2 N–H and O–H groups in total. The molecule has 0 saturated carbocycles. The molecule has 0 aliphatic carbocycles.